The van der Waals surface area contributed by atoms with Gasteiger partial charge in [-0.2, -0.15) is 0 Å². The zero-order valence-corrected chi connectivity index (χ0v) is 9.84. The molecule has 0 spiro atoms. The van der Waals surface area contributed by atoms with E-state index in [1.54, 1.807) is 0 Å². The van der Waals surface area contributed by atoms with E-state index in [1.165, 1.54) is 5.57 Å². The first-order chi connectivity index (χ1) is 5.91. The summed E-state index contributed by atoms with van der Waals surface area (Å²) in [6.45, 7) is 5.04. The second kappa shape index (κ2) is 4.12. The van der Waals surface area contributed by atoms with Crippen LogP contribution in [0.15, 0.2) is 23.4 Å². The molecule has 1 nitrogen and oxygen atoms in total. The van der Waals surface area contributed by atoms with Gasteiger partial charge in [-0.05, 0) is 17.6 Å². The maximum Gasteiger partial charge on any atom is 0.230 e. The van der Waals surface area contributed by atoms with Crippen molar-refractivity contribution >= 4 is 34.8 Å². The predicted octanol–water partition coefficient (Wildman–Crippen LogP) is 3.43. The number of dihydropyridines is 1. The van der Waals surface area contributed by atoms with Crippen LogP contribution in [0.4, 0.5) is 0 Å². The minimum atomic E-state index is -1.33. The van der Waals surface area contributed by atoms with Gasteiger partial charge in [0.15, 0.2) is 0 Å². The van der Waals surface area contributed by atoms with Crippen LogP contribution < -0.4 is 5.32 Å². The third-order valence-electron chi connectivity index (χ3n) is 1.99. The summed E-state index contributed by atoms with van der Waals surface area (Å²) >= 11 is 17.1. The molecule has 13 heavy (non-hydrogen) atoms. The fourth-order valence-electron chi connectivity index (χ4n) is 1.10. The first-order valence-electron chi connectivity index (χ1n) is 4.13. The van der Waals surface area contributed by atoms with Gasteiger partial charge in [-0.25, -0.2) is 0 Å². The Morgan fingerprint density at radius 3 is 2.23 bits per heavy atom. The Balaban J connectivity index is 2.77. The minimum Gasteiger partial charge on any atom is -0.381 e. The van der Waals surface area contributed by atoms with Crippen molar-refractivity contribution in [2.75, 3.05) is 6.54 Å². The zero-order valence-electron chi connectivity index (χ0n) is 7.57. The average molecular weight is 241 g/mol. The van der Waals surface area contributed by atoms with Crippen LogP contribution in [0.2, 0.25) is 0 Å². The van der Waals surface area contributed by atoms with Crippen LogP contribution in [-0.2, 0) is 0 Å². The van der Waals surface area contributed by atoms with E-state index in [0.717, 1.165) is 6.54 Å². The van der Waals surface area contributed by atoms with E-state index in [1.807, 2.05) is 12.2 Å². The van der Waals surface area contributed by atoms with E-state index in [-0.39, 0.29) is 0 Å². The Labute approximate surface area is 93.7 Å². The second-order valence-electron chi connectivity index (χ2n) is 3.33. The standard InChI is InChI=1S/C9H12Cl3N/c1-6(2)7-3-4-8(13-5-7)9(10,11)12/h3-4,6,13H,5H2,1-2H3. The van der Waals surface area contributed by atoms with E-state index in [9.17, 15) is 0 Å². The molecule has 0 saturated carbocycles. The lowest BCUT2D eigenvalue weighted by Crippen LogP contribution is -2.29. The first-order valence-corrected chi connectivity index (χ1v) is 5.26. The number of allylic oxidation sites excluding steroid dienone is 3. The van der Waals surface area contributed by atoms with Crippen molar-refractivity contribution in [3.63, 3.8) is 0 Å². The van der Waals surface area contributed by atoms with Gasteiger partial charge in [0.25, 0.3) is 0 Å². The van der Waals surface area contributed by atoms with Crippen LogP contribution in [0, 0.1) is 5.92 Å². The highest BCUT2D eigenvalue weighted by molar-refractivity contribution is 6.69. The summed E-state index contributed by atoms with van der Waals surface area (Å²) in [5, 5.41) is 3.09. The number of rotatable bonds is 1. The molecule has 0 atom stereocenters. The summed E-state index contributed by atoms with van der Waals surface area (Å²) in [5.41, 5.74) is 1.96. The van der Waals surface area contributed by atoms with Gasteiger partial charge in [0.05, 0.1) is 5.70 Å². The maximum absolute atomic E-state index is 5.71. The largest absolute Gasteiger partial charge is 0.381 e. The molecule has 0 bridgehead atoms. The van der Waals surface area contributed by atoms with Gasteiger partial charge in [0, 0.05) is 6.54 Å². The molecular weight excluding hydrogens is 228 g/mol. The molecular formula is C9H12Cl3N. The predicted molar refractivity (Wildman–Crippen MR) is 59.3 cm³/mol. The normalized spacial score (nSPS) is 18.0. The molecule has 0 aromatic heterocycles. The molecule has 1 aliphatic rings. The van der Waals surface area contributed by atoms with E-state index < -0.39 is 3.79 Å². The molecule has 1 aliphatic heterocycles. The van der Waals surface area contributed by atoms with E-state index in [0.29, 0.717) is 11.6 Å². The van der Waals surface area contributed by atoms with Crippen LogP contribution in [-0.4, -0.2) is 10.3 Å². The highest BCUT2D eigenvalue weighted by Crippen LogP contribution is 2.34. The highest BCUT2D eigenvalue weighted by Gasteiger charge is 2.27. The molecule has 1 rings (SSSR count). The second-order valence-corrected chi connectivity index (χ2v) is 5.61. The van der Waals surface area contributed by atoms with Gasteiger partial charge in [-0.1, -0.05) is 54.7 Å². The molecule has 0 fully saturated rings. The summed E-state index contributed by atoms with van der Waals surface area (Å²) < 4.78 is -1.33. The van der Waals surface area contributed by atoms with Crippen LogP contribution in [0.25, 0.3) is 0 Å². The quantitative estimate of drug-likeness (QED) is 0.693. The molecule has 1 heterocycles. The van der Waals surface area contributed by atoms with Crippen molar-refractivity contribution in [1.29, 1.82) is 0 Å². The van der Waals surface area contributed by atoms with E-state index in [2.05, 4.69) is 19.2 Å². The number of hydrogen-bond donors (Lipinski definition) is 1. The van der Waals surface area contributed by atoms with Crippen molar-refractivity contribution < 1.29 is 0 Å². The average Bonchev–Trinajstić information content (AvgIpc) is 2.03. The molecule has 0 aliphatic carbocycles. The van der Waals surface area contributed by atoms with Gasteiger partial charge < -0.3 is 5.32 Å². The SMILES string of the molecule is CC(C)C1=CC=C(C(Cl)(Cl)Cl)NC1. The van der Waals surface area contributed by atoms with Gasteiger partial charge in [-0.3, -0.25) is 0 Å². The van der Waals surface area contributed by atoms with Crippen molar-refractivity contribution in [1.82, 2.24) is 5.32 Å². The lowest BCUT2D eigenvalue weighted by Gasteiger charge is -2.23. The third-order valence-corrected chi connectivity index (χ3v) is 2.60. The van der Waals surface area contributed by atoms with Crippen molar-refractivity contribution in [2.24, 2.45) is 5.92 Å². The van der Waals surface area contributed by atoms with Crippen molar-refractivity contribution in [2.45, 2.75) is 17.6 Å². The third kappa shape index (κ3) is 3.08. The topological polar surface area (TPSA) is 12.0 Å². The van der Waals surface area contributed by atoms with Crippen LogP contribution in [0.3, 0.4) is 0 Å². The summed E-state index contributed by atoms with van der Waals surface area (Å²) in [5.74, 6) is 0.528. The Hall–Kier alpha value is 0.150. The van der Waals surface area contributed by atoms with Gasteiger partial charge in [0.1, 0.15) is 0 Å². The lowest BCUT2D eigenvalue weighted by atomic mass is 10.0. The molecule has 4 heteroatoms. The van der Waals surface area contributed by atoms with Crippen molar-refractivity contribution in [3.8, 4) is 0 Å². The first kappa shape index (κ1) is 11.2. The molecule has 0 aromatic rings. The van der Waals surface area contributed by atoms with Crippen LogP contribution in [0.5, 0.6) is 0 Å². The number of halogens is 3. The number of hydrogen-bond acceptors (Lipinski definition) is 1. The summed E-state index contributed by atoms with van der Waals surface area (Å²) in [6, 6.07) is 0. The highest BCUT2D eigenvalue weighted by atomic mass is 35.6. The Bertz CT molecular complexity index is 248. The molecule has 0 radical (unpaired) electrons. The molecule has 1 N–H and O–H groups in total. The Morgan fingerprint density at radius 2 is 1.92 bits per heavy atom. The van der Waals surface area contributed by atoms with E-state index >= 15 is 0 Å². The Morgan fingerprint density at radius 1 is 1.31 bits per heavy atom. The monoisotopic (exact) mass is 239 g/mol. The van der Waals surface area contributed by atoms with Gasteiger partial charge >= 0.3 is 0 Å². The van der Waals surface area contributed by atoms with Gasteiger partial charge in [-0.15, -0.1) is 0 Å². The number of nitrogens with one attached hydrogen (secondary N) is 1. The fraction of sp³-hybridized carbons (Fsp3) is 0.556. The van der Waals surface area contributed by atoms with Crippen LogP contribution in [0.1, 0.15) is 13.8 Å². The summed E-state index contributed by atoms with van der Waals surface area (Å²) in [7, 11) is 0. The zero-order chi connectivity index (χ0) is 10.1. The van der Waals surface area contributed by atoms with Crippen LogP contribution >= 0.6 is 34.8 Å². The molecule has 0 amide bonds. The summed E-state index contributed by atoms with van der Waals surface area (Å²) in [4.78, 5) is 0. The molecule has 0 unspecified atom stereocenters. The Kier molecular flexibility index (Phi) is 3.56. The molecule has 74 valence electrons. The number of alkyl halides is 3. The fourth-order valence-corrected chi connectivity index (χ4v) is 1.49. The molecule has 0 aromatic carbocycles. The van der Waals surface area contributed by atoms with E-state index in [4.69, 9.17) is 34.8 Å². The minimum absolute atomic E-state index is 0.528. The summed E-state index contributed by atoms with van der Waals surface area (Å²) in [6.07, 6.45) is 3.84. The van der Waals surface area contributed by atoms with Gasteiger partial charge in [0.2, 0.25) is 3.79 Å². The smallest absolute Gasteiger partial charge is 0.230 e. The lowest BCUT2D eigenvalue weighted by molar-refractivity contribution is 0.692. The maximum atomic E-state index is 5.71. The molecule has 0 saturated heterocycles. The van der Waals surface area contributed by atoms with Crippen molar-refractivity contribution in [3.05, 3.63) is 23.4 Å².